The van der Waals surface area contributed by atoms with E-state index in [-0.39, 0.29) is 11.2 Å². The smallest absolute Gasteiger partial charge is 0.170 e. The van der Waals surface area contributed by atoms with Gasteiger partial charge >= 0.3 is 0 Å². The van der Waals surface area contributed by atoms with E-state index in [9.17, 15) is 9.90 Å². The topological polar surface area (TPSA) is 40.5 Å². The molecule has 4 fully saturated rings. The average molecular weight is 380 g/mol. The molecule has 1 unspecified atom stereocenters. The third-order valence-electron chi connectivity index (χ3n) is 7.40. The van der Waals surface area contributed by atoms with Gasteiger partial charge in [0.05, 0.1) is 6.54 Å². The molecule has 28 heavy (non-hydrogen) atoms. The van der Waals surface area contributed by atoms with Crippen molar-refractivity contribution in [2.24, 2.45) is 23.2 Å². The molecular weight excluding hydrogens is 346 g/mol. The van der Waals surface area contributed by atoms with Crippen molar-refractivity contribution in [3.63, 3.8) is 0 Å². The largest absolute Gasteiger partial charge is 0.377 e. The van der Waals surface area contributed by atoms with Gasteiger partial charge in [-0.2, -0.15) is 0 Å². The molecule has 1 N–H and O–H groups in total. The highest BCUT2D eigenvalue weighted by molar-refractivity contribution is 5.89. The highest BCUT2D eigenvalue weighted by Crippen LogP contribution is 2.66. The predicted molar refractivity (Wildman–Crippen MR) is 112 cm³/mol. The maximum atomic E-state index is 13.5. The number of Topliss-reactive ketones (excluding diaryl/α,β-unsaturated/α-hetero) is 1. The lowest BCUT2D eigenvalue weighted by atomic mass is 9.44. The van der Waals surface area contributed by atoms with Crippen LogP contribution in [0.3, 0.4) is 0 Å². The molecular formula is C25H33NO2. The Morgan fingerprint density at radius 3 is 2.18 bits per heavy atom. The summed E-state index contributed by atoms with van der Waals surface area (Å²) in [5.74, 6) is 8.27. The normalized spacial score (nSPS) is 32.6. The molecule has 0 amide bonds. The third-order valence-corrected chi connectivity index (χ3v) is 7.40. The quantitative estimate of drug-likeness (QED) is 0.760. The van der Waals surface area contributed by atoms with Gasteiger partial charge in [-0.05, 0) is 75.9 Å². The van der Waals surface area contributed by atoms with Crippen LogP contribution in [0.15, 0.2) is 30.3 Å². The second-order valence-electron chi connectivity index (χ2n) is 9.79. The summed E-state index contributed by atoms with van der Waals surface area (Å²) in [6.07, 6.45) is 7.76. The molecule has 4 aliphatic rings. The van der Waals surface area contributed by atoms with Gasteiger partial charge in [0.15, 0.2) is 11.4 Å². The Hall–Kier alpha value is -1.63. The maximum Gasteiger partial charge on any atom is 0.170 e. The van der Waals surface area contributed by atoms with Crippen molar-refractivity contribution in [1.82, 2.24) is 4.90 Å². The molecule has 3 nitrogen and oxygen atoms in total. The Kier molecular flexibility index (Phi) is 5.38. The molecule has 4 bridgehead atoms. The van der Waals surface area contributed by atoms with Gasteiger partial charge < -0.3 is 5.11 Å². The molecule has 0 heterocycles. The first kappa shape index (κ1) is 19.7. The predicted octanol–water partition coefficient (Wildman–Crippen LogP) is 4.00. The summed E-state index contributed by atoms with van der Waals surface area (Å²) in [5.41, 5.74) is -0.853. The first-order chi connectivity index (χ1) is 13.4. The van der Waals surface area contributed by atoms with Crippen molar-refractivity contribution in [2.45, 2.75) is 57.0 Å². The number of benzene rings is 1. The summed E-state index contributed by atoms with van der Waals surface area (Å²) in [5, 5.41) is 12.2. The van der Waals surface area contributed by atoms with E-state index in [0.29, 0.717) is 37.1 Å². The van der Waals surface area contributed by atoms with E-state index in [1.54, 1.807) is 0 Å². The fourth-order valence-corrected chi connectivity index (χ4v) is 6.66. The minimum Gasteiger partial charge on any atom is -0.377 e. The van der Waals surface area contributed by atoms with Gasteiger partial charge in [0.2, 0.25) is 0 Å². The van der Waals surface area contributed by atoms with Gasteiger partial charge in [0.1, 0.15) is 0 Å². The molecule has 0 saturated heterocycles. The van der Waals surface area contributed by atoms with Crippen molar-refractivity contribution in [2.75, 3.05) is 20.6 Å². The van der Waals surface area contributed by atoms with Gasteiger partial charge in [0, 0.05) is 18.3 Å². The lowest BCUT2D eigenvalue weighted by molar-refractivity contribution is -0.192. The van der Waals surface area contributed by atoms with Crippen LogP contribution in [-0.4, -0.2) is 36.4 Å². The molecule has 0 aliphatic heterocycles. The molecule has 1 aromatic carbocycles. The number of carbonyl (C=O) groups is 1. The number of hydrogen-bond donors (Lipinski definition) is 1. The number of rotatable bonds is 6. The number of carbonyl (C=O) groups excluding carboxylic acids is 1. The Morgan fingerprint density at radius 1 is 1.07 bits per heavy atom. The average Bonchev–Trinajstić information content (AvgIpc) is 2.66. The van der Waals surface area contributed by atoms with E-state index >= 15 is 0 Å². The minimum absolute atomic E-state index is 0.0280. The fourth-order valence-electron chi connectivity index (χ4n) is 6.66. The zero-order chi connectivity index (χ0) is 19.8. The van der Waals surface area contributed by atoms with Crippen molar-refractivity contribution >= 4 is 5.78 Å². The zero-order valence-electron chi connectivity index (χ0n) is 17.3. The first-order valence-corrected chi connectivity index (χ1v) is 10.8. The van der Waals surface area contributed by atoms with E-state index in [1.165, 1.54) is 19.3 Å². The van der Waals surface area contributed by atoms with Crippen LogP contribution in [0.5, 0.6) is 0 Å². The lowest BCUT2D eigenvalue weighted by Crippen LogP contribution is -2.60. The number of ketones is 1. The summed E-state index contributed by atoms with van der Waals surface area (Å²) in [4.78, 5) is 15.6. The van der Waals surface area contributed by atoms with Crippen LogP contribution < -0.4 is 0 Å². The Labute approximate surface area is 169 Å². The number of aliphatic hydroxyl groups is 1. The first-order valence-electron chi connectivity index (χ1n) is 10.8. The van der Waals surface area contributed by atoms with Crippen LogP contribution in [0.25, 0.3) is 0 Å². The van der Waals surface area contributed by atoms with Crippen molar-refractivity contribution in [1.29, 1.82) is 0 Å². The van der Waals surface area contributed by atoms with E-state index in [1.807, 2.05) is 49.3 Å². The molecule has 3 heteroatoms. The molecule has 0 aromatic heterocycles. The summed E-state index contributed by atoms with van der Waals surface area (Å²) in [6.45, 7) is 0.701. The molecule has 4 saturated carbocycles. The standard InChI is InChI=1S/C25H33NO2/c1-26(2)12-8-4-7-11-23(27)25(28,22-9-5-3-6-10-22)24-16-19-13-20(17-24)15-21(14-19)18-24/h3,5-6,9-10,19-21,28H,7,11-18H2,1-2H3. The van der Waals surface area contributed by atoms with Crippen molar-refractivity contribution < 1.29 is 9.90 Å². The van der Waals surface area contributed by atoms with Gasteiger partial charge in [0.25, 0.3) is 0 Å². The summed E-state index contributed by atoms with van der Waals surface area (Å²) in [6, 6.07) is 9.76. The third kappa shape index (κ3) is 3.42. The molecule has 4 aliphatic carbocycles. The van der Waals surface area contributed by atoms with Gasteiger partial charge in [-0.15, -0.1) is 5.92 Å². The highest BCUT2D eigenvalue weighted by atomic mass is 16.3. The second kappa shape index (κ2) is 7.65. The lowest BCUT2D eigenvalue weighted by Gasteiger charge is -2.61. The Bertz CT molecular complexity index is 737. The summed E-state index contributed by atoms with van der Waals surface area (Å²) >= 11 is 0. The maximum absolute atomic E-state index is 13.5. The number of nitrogens with zero attached hydrogens (tertiary/aromatic N) is 1. The summed E-state index contributed by atoms with van der Waals surface area (Å²) < 4.78 is 0. The SMILES string of the molecule is CN(C)CC#CCCC(=O)C(O)(c1ccccc1)C12CC3CC(CC(C3)C1)C2. The van der Waals surface area contributed by atoms with Gasteiger partial charge in [-0.3, -0.25) is 9.69 Å². The van der Waals surface area contributed by atoms with Crippen molar-refractivity contribution in [3.8, 4) is 11.8 Å². The molecule has 1 atom stereocenters. The summed E-state index contributed by atoms with van der Waals surface area (Å²) in [7, 11) is 3.97. The monoisotopic (exact) mass is 379 g/mol. The Morgan fingerprint density at radius 2 is 1.64 bits per heavy atom. The van der Waals surface area contributed by atoms with Gasteiger partial charge in [-0.1, -0.05) is 36.3 Å². The second-order valence-corrected chi connectivity index (χ2v) is 9.79. The van der Waals surface area contributed by atoms with E-state index < -0.39 is 5.60 Å². The van der Waals surface area contributed by atoms with Crippen LogP contribution >= 0.6 is 0 Å². The van der Waals surface area contributed by atoms with Crippen LogP contribution in [0.2, 0.25) is 0 Å². The van der Waals surface area contributed by atoms with E-state index in [4.69, 9.17) is 0 Å². The molecule has 1 aromatic rings. The fraction of sp³-hybridized carbons (Fsp3) is 0.640. The highest BCUT2D eigenvalue weighted by Gasteiger charge is 2.63. The number of hydrogen-bond acceptors (Lipinski definition) is 3. The van der Waals surface area contributed by atoms with Crippen LogP contribution in [0.1, 0.15) is 56.9 Å². The van der Waals surface area contributed by atoms with Crippen LogP contribution in [-0.2, 0) is 10.4 Å². The Balaban J connectivity index is 1.62. The van der Waals surface area contributed by atoms with Crippen molar-refractivity contribution in [3.05, 3.63) is 35.9 Å². The molecule has 0 spiro atoms. The molecule has 5 rings (SSSR count). The van der Waals surface area contributed by atoms with Crippen LogP contribution in [0.4, 0.5) is 0 Å². The minimum atomic E-state index is -1.37. The molecule has 150 valence electrons. The van der Waals surface area contributed by atoms with E-state index in [2.05, 4.69) is 11.8 Å². The van der Waals surface area contributed by atoms with Crippen LogP contribution in [0, 0.1) is 35.0 Å². The molecule has 0 radical (unpaired) electrons. The van der Waals surface area contributed by atoms with E-state index in [0.717, 1.165) is 24.8 Å². The zero-order valence-corrected chi connectivity index (χ0v) is 17.3. The van der Waals surface area contributed by atoms with Gasteiger partial charge in [-0.25, -0.2) is 0 Å².